The van der Waals surface area contributed by atoms with Crippen LogP contribution in [-0.2, 0) is 14.6 Å². The van der Waals surface area contributed by atoms with Gasteiger partial charge in [0.05, 0.1) is 17.3 Å². The summed E-state index contributed by atoms with van der Waals surface area (Å²) in [6.45, 7) is 4.61. The Bertz CT molecular complexity index is 881. The fourth-order valence-corrected chi connectivity index (χ4v) is 5.53. The maximum absolute atomic E-state index is 12.8. The molecule has 0 spiro atoms. The number of nitrogens with zero attached hydrogens (tertiary/aromatic N) is 3. The SMILES string of the molecule is CC(C)CN(C(=O)CSc1n[nH]c(-c2ccccc2)n1)C1CCS(=O)(=O)C1. The topological polar surface area (TPSA) is 96.0 Å². The molecule has 9 heteroatoms. The molecule has 1 amide bonds. The second kappa shape index (κ2) is 8.43. The first-order valence-electron chi connectivity index (χ1n) is 8.94. The molecule has 2 heterocycles. The van der Waals surface area contributed by atoms with Crippen LogP contribution in [0.25, 0.3) is 11.4 Å². The third-order valence-electron chi connectivity index (χ3n) is 4.37. The van der Waals surface area contributed by atoms with Crippen molar-refractivity contribution in [2.24, 2.45) is 5.92 Å². The summed E-state index contributed by atoms with van der Waals surface area (Å²) < 4.78 is 23.6. The van der Waals surface area contributed by atoms with Crippen molar-refractivity contribution in [1.82, 2.24) is 20.1 Å². The Morgan fingerprint density at radius 2 is 2.07 bits per heavy atom. The Labute approximate surface area is 163 Å². The molecule has 2 aromatic rings. The number of rotatable bonds is 7. The zero-order valence-corrected chi connectivity index (χ0v) is 17.1. The van der Waals surface area contributed by atoms with Gasteiger partial charge in [-0.25, -0.2) is 13.4 Å². The lowest BCUT2D eigenvalue weighted by Crippen LogP contribution is -2.44. The number of benzene rings is 1. The van der Waals surface area contributed by atoms with E-state index in [2.05, 4.69) is 15.2 Å². The van der Waals surface area contributed by atoms with E-state index in [4.69, 9.17) is 0 Å². The second-order valence-corrected chi connectivity index (χ2v) is 10.3. The molecule has 0 radical (unpaired) electrons. The maximum Gasteiger partial charge on any atom is 0.233 e. The molecule has 1 unspecified atom stereocenters. The van der Waals surface area contributed by atoms with Crippen molar-refractivity contribution in [3.63, 3.8) is 0 Å². The summed E-state index contributed by atoms with van der Waals surface area (Å²) in [6.07, 6.45) is 0.518. The molecule has 27 heavy (non-hydrogen) atoms. The molecule has 7 nitrogen and oxygen atoms in total. The summed E-state index contributed by atoms with van der Waals surface area (Å²) in [5.41, 5.74) is 0.931. The van der Waals surface area contributed by atoms with Gasteiger partial charge in [0, 0.05) is 18.2 Å². The first-order chi connectivity index (χ1) is 12.8. The summed E-state index contributed by atoms with van der Waals surface area (Å²) in [5.74, 6) is 1.28. The number of thioether (sulfide) groups is 1. The smallest absolute Gasteiger partial charge is 0.233 e. The van der Waals surface area contributed by atoms with Gasteiger partial charge in [-0.1, -0.05) is 55.9 Å². The number of aromatic nitrogens is 3. The van der Waals surface area contributed by atoms with Crippen LogP contribution in [0.15, 0.2) is 35.5 Å². The molecule has 0 bridgehead atoms. The van der Waals surface area contributed by atoms with Gasteiger partial charge >= 0.3 is 0 Å². The third-order valence-corrected chi connectivity index (χ3v) is 6.95. The van der Waals surface area contributed by atoms with Gasteiger partial charge in [0.25, 0.3) is 0 Å². The van der Waals surface area contributed by atoms with Crippen molar-refractivity contribution in [1.29, 1.82) is 0 Å². The highest BCUT2D eigenvalue weighted by Gasteiger charge is 2.34. The van der Waals surface area contributed by atoms with E-state index in [0.717, 1.165) is 5.56 Å². The zero-order valence-electron chi connectivity index (χ0n) is 15.5. The number of hydrogen-bond donors (Lipinski definition) is 1. The number of aromatic amines is 1. The summed E-state index contributed by atoms with van der Waals surface area (Å²) in [4.78, 5) is 18.9. The molecule has 1 N–H and O–H groups in total. The first-order valence-corrected chi connectivity index (χ1v) is 11.8. The Hall–Kier alpha value is -1.87. The number of amides is 1. The minimum atomic E-state index is -3.03. The van der Waals surface area contributed by atoms with E-state index in [-0.39, 0.29) is 35.1 Å². The van der Waals surface area contributed by atoms with E-state index < -0.39 is 9.84 Å². The maximum atomic E-state index is 12.8. The number of hydrogen-bond acceptors (Lipinski definition) is 6. The minimum absolute atomic E-state index is 0.0644. The highest BCUT2D eigenvalue weighted by molar-refractivity contribution is 7.99. The van der Waals surface area contributed by atoms with Crippen LogP contribution in [0.5, 0.6) is 0 Å². The van der Waals surface area contributed by atoms with E-state index in [0.29, 0.717) is 23.9 Å². The van der Waals surface area contributed by atoms with Crippen molar-refractivity contribution in [2.75, 3.05) is 23.8 Å². The van der Waals surface area contributed by atoms with Gasteiger partial charge < -0.3 is 4.90 Å². The number of carbonyl (C=O) groups is 1. The van der Waals surface area contributed by atoms with E-state index in [1.807, 2.05) is 44.2 Å². The molecule has 1 aromatic carbocycles. The van der Waals surface area contributed by atoms with Gasteiger partial charge in [-0.15, -0.1) is 5.10 Å². The second-order valence-electron chi connectivity index (χ2n) is 7.12. The molecule has 0 aliphatic carbocycles. The summed E-state index contributed by atoms with van der Waals surface area (Å²) >= 11 is 1.26. The van der Waals surface area contributed by atoms with Gasteiger partial charge in [-0.05, 0) is 12.3 Å². The number of nitrogens with one attached hydrogen (secondary N) is 1. The van der Waals surface area contributed by atoms with Crippen molar-refractivity contribution < 1.29 is 13.2 Å². The molecule has 1 atom stereocenters. The van der Waals surface area contributed by atoms with Crippen molar-refractivity contribution >= 4 is 27.5 Å². The number of H-pyrrole nitrogens is 1. The highest BCUT2D eigenvalue weighted by atomic mass is 32.2. The average Bonchev–Trinajstić information content (AvgIpc) is 3.24. The lowest BCUT2D eigenvalue weighted by molar-refractivity contribution is -0.130. The molecule has 1 aliphatic rings. The molecular weight excluding hydrogens is 384 g/mol. The van der Waals surface area contributed by atoms with Crippen LogP contribution in [0.1, 0.15) is 20.3 Å². The predicted octanol–water partition coefficient (Wildman–Crippen LogP) is 2.24. The monoisotopic (exact) mass is 408 g/mol. The van der Waals surface area contributed by atoms with Crippen LogP contribution in [0.2, 0.25) is 0 Å². The lowest BCUT2D eigenvalue weighted by Gasteiger charge is -2.29. The van der Waals surface area contributed by atoms with Crippen LogP contribution in [0.3, 0.4) is 0 Å². The van der Waals surface area contributed by atoms with Gasteiger partial charge in [-0.3, -0.25) is 9.89 Å². The van der Waals surface area contributed by atoms with Crippen LogP contribution < -0.4 is 0 Å². The summed E-state index contributed by atoms with van der Waals surface area (Å²) in [5, 5.41) is 7.56. The van der Waals surface area contributed by atoms with E-state index >= 15 is 0 Å². The molecule has 1 aromatic heterocycles. The quantitative estimate of drug-likeness (QED) is 0.706. The normalized spacial score (nSPS) is 18.7. The number of carbonyl (C=O) groups excluding carboxylic acids is 1. The largest absolute Gasteiger partial charge is 0.338 e. The van der Waals surface area contributed by atoms with Crippen LogP contribution >= 0.6 is 11.8 Å². The Morgan fingerprint density at radius 1 is 1.33 bits per heavy atom. The average molecular weight is 409 g/mol. The lowest BCUT2D eigenvalue weighted by atomic mass is 10.1. The molecule has 146 valence electrons. The van der Waals surface area contributed by atoms with Crippen LogP contribution in [0, 0.1) is 5.92 Å². The Balaban J connectivity index is 1.63. The van der Waals surface area contributed by atoms with Gasteiger partial charge in [0.1, 0.15) is 0 Å². The summed E-state index contributed by atoms with van der Waals surface area (Å²) in [6, 6.07) is 9.43. The Morgan fingerprint density at radius 3 is 2.70 bits per heavy atom. The molecule has 0 saturated carbocycles. The van der Waals surface area contributed by atoms with Gasteiger partial charge in [0.15, 0.2) is 15.7 Å². The third kappa shape index (κ3) is 5.32. The first kappa shape index (κ1) is 19.9. The fraction of sp³-hybridized carbons (Fsp3) is 0.500. The van der Waals surface area contributed by atoms with Crippen molar-refractivity contribution in [3.05, 3.63) is 30.3 Å². The standard InChI is InChI=1S/C18H24N4O3S2/c1-13(2)10-22(15-8-9-27(24,25)12-15)16(23)11-26-18-19-17(20-21-18)14-6-4-3-5-7-14/h3-7,13,15H,8-12H2,1-2H3,(H,19,20,21). The molecule has 3 rings (SSSR count). The van der Waals surface area contributed by atoms with E-state index in [1.54, 1.807) is 4.90 Å². The number of sulfone groups is 1. The van der Waals surface area contributed by atoms with Gasteiger partial charge in [0.2, 0.25) is 11.1 Å². The molecule has 1 saturated heterocycles. The highest BCUT2D eigenvalue weighted by Crippen LogP contribution is 2.23. The Kier molecular flexibility index (Phi) is 6.21. The molecule has 1 fully saturated rings. The summed E-state index contributed by atoms with van der Waals surface area (Å²) in [7, 11) is -3.03. The van der Waals surface area contributed by atoms with E-state index in [9.17, 15) is 13.2 Å². The van der Waals surface area contributed by atoms with Crippen LogP contribution in [-0.4, -0.2) is 64.3 Å². The molecular formula is C18H24N4O3S2. The van der Waals surface area contributed by atoms with Crippen LogP contribution in [0.4, 0.5) is 0 Å². The minimum Gasteiger partial charge on any atom is -0.338 e. The molecule has 1 aliphatic heterocycles. The predicted molar refractivity (Wildman–Crippen MR) is 106 cm³/mol. The van der Waals surface area contributed by atoms with E-state index in [1.165, 1.54) is 11.8 Å². The van der Waals surface area contributed by atoms with Gasteiger partial charge in [-0.2, -0.15) is 0 Å². The fourth-order valence-electron chi connectivity index (χ4n) is 3.11. The van der Waals surface area contributed by atoms with Crippen molar-refractivity contribution in [3.8, 4) is 11.4 Å². The van der Waals surface area contributed by atoms with Crippen molar-refractivity contribution in [2.45, 2.75) is 31.5 Å². The zero-order chi connectivity index (χ0) is 19.4.